The van der Waals surface area contributed by atoms with Crippen molar-refractivity contribution in [1.82, 2.24) is 9.99 Å². The minimum atomic E-state index is -4.35. The van der Waals surface area contributed by atoms with Crippen molar-refractivity contribution in [3.8, 4) is 0 Å². The molecule has 12 heteroatoms. The molecule has 1 rings (SSSR count). The van der Waals surface area contributed by atoms with Crippen molar-refractivity contribution in [2.75, 3.05) is 33.4 Å². The molecule has 11 nitrogen and oxygen atoms in total. The molecule has 0 fully saturated rings. The second-order valence-electron chi connectivity index (χ2n) is 4.18. The van der Waals surface area contributed by atoms with E-state index in [2.05, 4.69) is 4.99 Å². The fourth-order valence-electron chi connectivity index (χ4n) is 0.907. The normalized spacial score (nSPS) is 15.7. The second-order valence-corrected chi connectivity index (χ2v) is 5.49. The maximum atomic E-state index is 10.6. The summed E-state index contributed by atoms with van der Waals surface area (Å²) < 4.78 is 10.4. The maximum Gasteiger partial charge on any atom is 0.429 e. The first-order chi connectivity index (χ1) is 9.06. The molecule has 0 unspecified atom stereocenters. The molecule has 0 aromatic carbocycles. The van der Waals surface area contributed by atoms with E-state index in [-0.39, 0.29) is 12.5 Å². The largest absolute Gasteiger partial charge is 0.429 e. The Bertz CT molecular complexity index is 397. The van der Waals surface area contributed by atoms with Gasteiger partial charge in [-0.3, -0.25) is 9.88 Å². The van der Waals surface area contributed by atoms with Gasteiger partial charge in [-0.25, -0.2) is 4.57 Å². The van der Waals surface area contributed by atoms with Gasteiger partial charge in [-0.2, -0.15) is 4.99 Å². The van der Waals surface area contributed by atoms with Gasteiger partial charge < -0.3 is 35.7 Å². The summed E-state index contributed by atoms with van der Waals surface area (Å²) in [4.78, 5) is 32.2. The molecule has 0 bridgehead atoms. The van der Waals surface area contributed by atoms with Gasteiger partial charge in [-0.05, 0) is 0 Å². The summed E-state index contributed by atoms with van der Waals surface area (Å²) >= 11 is 0. The molecule has 8 N–H and O–H groups in total. The van der Waals surface area contributed by atoms with E-state index in [4.69, 9.17) is 30.8 Å². The van der Waals surface area contributed by atoms with Crippen LogP contribution >= 0.6 is 7.75 Å². The summed E-state index contributed by atoms with van der Waals surface area (Å²) in [6.07, 6.45) is 0. The summed E-state index contributed by atoms with van der Waals surface area (Å²) in [5.74, 6) is -0.512. The van der Waals surface area contributed by atoms with Gasteiger partial charge in [0.15, 0.2) is 0 Å². The number of aliphatic hydroxyl groups is 3. The third-order valence-electron chi connectivity index (χ3n) is 2.15. The van der Waals surface area contributed by atoms with E-state index in [1.807, 2.05) is 5.09 Å². The smallest absolute Gasteiger partial charge is 0.394 e. The first-order valence-electron chi connectivity index (χ1n) is 5.35. The molecular formula is C8H19N4O7P. The first-order valence-corrected chi connectivity index (χ1v) is 6.96. The van der Waals surface area contributed by atoms with Gasteiger partial charge in [-0.1, -0.05) is 0 Å². The number of hydrogen-bond acceptors (Lipinski definition) is 7. The first kappa shape index (κ1) is 18.9. The van der Waals surface area contributed by atoms with Crippen molar-refractivity contribution in [2.24, 2.45) is 10.7 Å². The van der Waals surface area contributed by atoms with E-state index < -0.39 is 39.0 Å². The third kappa shape index (κ3) is 6.91. The average molecular weight is 314 g/mol. The Hall–Kier alpha value is -1.07. The number of carbonyl (C=O) groups is 1. The Labute approximate surface area is 114 Å². The van der Waals surface area contributed by atoms with E-state index in [0.717, 1.165) is 0 Å². The van der Waals surface area contributed by atoms with E-state index >= 15 is 0 Å². The topological polar surface area (TPSA) is 189 Å². The Morgan fingerprint density at radius 1 is 1.35 bits per heavy atom. The fraction of sp³-hybridized carbons (Fsp3) is 0.750. The molecule has 0 aromatic heterocycles. The number of carbonyl (C=O) groups excluding carboxylic acids is 1. The minimum absolute atomic E-state index is 0.0440. The molecule has 20 heavy (non-hydrogen) atoms. The van der Waals surface area contributed by atoms with Gasteiger partial charge in [-0.15, -0.1) is 0 Å². The molecule has 0 atom stereocenters. The van der Waals surface area contributed by atoms with E-state index in [9.17, 15) is 9.36 Å². The number of nitrogens with zero attached hydrogens (tertiary/aromatic N) is 2. The van der Waals surface area contributed by atoms with E-state index in [0.29, 0.717) is 0 Å². The number of likely N-dealkylation sites (N-methyl/N-ethyl adjacent to an activating group) is 1. The summed E-state index contributed by atoms with van der Waals surface area (Å²) in [5.41, 5.74) is 3.94. The number of guanidine groups is 1. The van der Waals surface area contributed by atoms with Crippen LogP contribution in [0.1, 0.15) is 0 Å². The van der Waals surface area contributed by atoms with Crippen molar-refractivity contribution in [3.63, 3.8) is 0 Å². The third-order valence-corrected chi connectivity index (χ3v) is 2.65. The van der Waals surface area contributed by atoms with Gasteiger partial charge in [0, 0.05) is 7.05 Å². The van der Waals surface area contributed by atoms with Crippen molar-refractivity contribution in [3.05, 3.63) is 0 Å². The van der Waals surface area contributed by atoms with Crippen LogP contribution in [0.4, 0.5) is 0 Å². The standard InChI is InChI=1S/C4H8N3O4P.C4H11NO3/c1-7-2-3(8)5-4(7)6-12(9,10)11;5-4(1-6,2-7)3-8/h2H2,1H3,(H3,5,6,8,9,10,11);6-8H,1-3,5H2. The van der Waals surface area contributed by atoms with E-state index in [1.165, 1.54) is 11.9 Å². The lowest BCUT2D eigenvalue weighted by molar-refractivity contribution is -0.116. The monoisotopic (exact) mass is 314 g/mol. The molecule has 118 valence electrons. The predicted molar refractivity (Wildman–Crippen MR) is 68.4 cm³/mol. The van der Waals surface area contributed by atoms with Gasteiger partial charge in [0.25, 0.3) is 5.91 Å². The molecule has 1 aliphatic heterocycles. The molecule has 1 heterocycles. The highest BCUT2D eigenvalue weighted by molar-refractivity contribution is 7.50. The van der Waals surface area contributed by atoms with Crippen LogP contribution in [0.25, 0.3) is 0 Å². The lowest BCUT2D eigenvalue weighted by Crippen LogP contribution is -2.50. The number of aliphatic hydroxyl groups excluding tert-OH is 3. The summed E-state index contributed by atoms with van der Waals surface area (Å²) in [7, 11) is -2.85. The van der Waals surface area contributed by atoms with Crippen LogP contribution in [0.3, 0.4) is 0 Å². The molecular weight excluding hydrogens is 295 g/mol. The van der Waals surface area contributed by atoms with Crippen molar-refractivity contribution in [2.45, 2.75) is 5.54 Å². The summed E-state index contributed by atoms with van der Waals surface area (Å²) in [6, 6.07) is 0. The van der Waals surface area contributed by atoms with Crippen LogP contribution < -0.4 is 10.8 Å². The average Bonchev–Trinajstić information content (AvgIpc) is 2.65. The maximum absolute atomic E-state index is 10.6. The SMILES string of the molecule is CN1CC(=O)N=C1NP(=O)(O)O.NC(CO)(CO)CO. The number of rotatable bonds is 4. The van der Waals surface area contributed by atoms with Gasteiger partial charge >= 0.3 is 7.75 Å². The number of aliphatic imine (C=N–C) groups is 1. The van der Waals surface area contributed by atoms with Crippen LogP contribution in [0.5, 0.6) is 0 Å². The van der Waals surface area contributed by atoms with Crippen LogP contribution in [0.15, 0.2) is 4.99 Å². The van der Waals surface area contributed by atoms with Crippen LogP contribution in [-0.4, -0.2) is 80.8 Å². The summed E-state index contributed by atoms with van der Waals surface area (Å²) in [6.45, 7) is -1.16. The number of nitrogens with two attached hydrogens (primary N) is 1. The van der Waals surface area contributed by atoms with Gasteiger partial charge in [0.05, 0.1) is 25.4 Å². The lowest BCUT2D eigenvalue weighted by Gasteiger charge is -2.20. The molecule has 0 radical (unpaired) electrons. The molecule has 0 aromatic rings. The van der Waals surface area contributed by atoms with Gasteiger partial charge in [0.2, 0.25) is 5.96 Å². The van der Waals surface area contributed by atoms with Gasteiger partial charge in [0.1, 0.15) is 6.54 Å². The minimum Gasteiger partial charge on any atom is -0.394 e. The quantitative estimate of drug-likeness (QED) is 0.253. The predicted octanol–water partition coefficient (Wildman–Crippen LogP) is -3.84. The number of hydrogen-bond donors (Lipinski definition) is 7. The number of nitrogens with one attached hydrogen (secondary N) is 1. The molecule has 0 spiro atoms. The van der Waals surface area contributed by atoms with Crippen LogP contribution in [0.2, 0.25) is 0 Å². The Kier molecular flexibility index (Phi) is 7.23. The fourth-order valence-corrected chi connectivity index (χ4v) is 1.39. The van der Waals surface area contributed by atoms with Crippen molar-refractivity contribution < 1.29 is 34.5 Å². The zero-order valence-corrected chi connectivity index (χ0v) is 11.7. The molecule has 1 amide bonds. The molecule has 1 aliphatic rings. The van der Waals surface area contributed by atoms with Crippen molar-refractivity contribution in [1.29, 1.82) is 0 Å². The Balaban J connectivity index is 0.000000396. The number of amides is 1. The van der Waals surface area contributed by atoms with Crippen LogP contribution in [0, 0.1) is 0 Å². The van der Waals surface area contributed by atoms with Crippen LogP contribution in [-0.2, 0) is 9.36 Å². The second kappa shape index (κ2) is 7.64. The molecule has 0 aliphatic carbocycles. The zero-order chi connectivity index (χ0) is 16.0. The Morgan fingerprint density at radius 3 is 2.00 bits per heavy atom. The lowest BCUT2D eigenvalue weighted by atomic mass is 10.1. The summed E-state index contributed by atoms with van der Waals surface area (Å²) in [5, 5.41) is 26.8. The highest BCUT2D eigenvalue weighted by Crippen LogP contribution is 2.28. The zero-order valence-electron chi connectivity index (χ0n) is 10.8. The highest BCUT2D eigenvalue weighted by atomic mass is 31.2. The Morgan fingerprint density at radius 2 is 1.80 bits per heavy atom. The van der Waals surface area contributed by atoms with E-state index in [1.54, 1.807) is 0 Å². The highest BCUT2D eigenvalue weighted by Gasteiger charge is 2.25. The molecule has 0 saturated carbocycles. The molecule has 0 saturated heterocycles. The van der Waals surface area contributed by atoms with Crippen molar-refractivity contribution >= 4 is 19.6 Å².